The molecule has 7 heteroatoms. The van der Waals surface area contributed by atoms with Crippen molar-refractivity contribution in [1.29, 1.82) is 0 Å². The number of unbranched alkanes of at least 4 members (excludes halogenated alkanes) is 1. The Morgan fingerprint density at radius 1 is 1.47 bits per heavy atom. The van der Waals surface area contributed by atoms with Gasteiger partial charge in [-0.3, -0.25) is 0 Å². The molecule has 1 atom stereocenters. The maximum absolute atomic E-state index is 11.6. The molecule has 2 N–H and O–H groups in total. The summed E-state index contributed by atoms with van der Waals surface area (Å²) in [6.07, 6.45) is 0.933. The van der Waals surface area contributed by atoms with Gasteiger partial charge in [-0.25, -0.2) is 13.1 Å². The van der Waals surface area contributed by atoms with Crippen LogP contribution in [0.4, 0.5) is 0 Å². The number of likely N-dealkylation sites (N-methyl/N-ethyl adjacent to an activating group) is 1. The van der Waals surface area contributed by atoms with Gasteiger partial charge in [-0.05, 0) is 19.9 Å². The topological polar surface area (TPSA) is 78.9 Å². The van der Waals surface area contributed by atoms with E-state index in [9.17, 15) is 8.42 Å². The standard InChI is InChI=1S/C10H22N2O4S/c1-12-4-6-16-10(9-12)8-11-17(14,15)7-3-2-5-13/h10-11,13H,2-9H2,1H3. The van der Waals surface area contributed by atoms with Crippen molar-refractivity contribution in [3.05, 3.63) is 0 Å². The average Bonchev–Trinajstić information content (AvgIpc) is 2.27. The molecule has 0 bridgehead atoms. The van der Waals surface area contributed by atoms with Crippen LogP contribution in [0.5, 0.6) is 0 Å². The first-order valence-electron chi connectivity index (χ1n) is 5.92. The number of ether oxygens (including phenoxy) is 1. The van der Waals surface area contributed by atoms with Gasteiger partial charge >= 0.3 is 0 Å². The normalized spacial score (nSPS) is 22.8. The van der Waals surface area contributed by atoms with Crippen molar-refractivity contribution in [2.75, 3.05) is 45.6 Å². The molecule has 0 aromatic rings. The quantitative estimate of drug-likeness (QED) is 0.578. The van der Waals surface area contributed by atoms with Gasteiger partial charge in [0, 0.05) is 26.2 Å². The molecule has 0 aliphatic carbocycles. The first-order valence-corrected chi connectivity index (χ1v) is 7.57. The number of aliphatic hydroxyl groups excluding tert-OH is 1. The van der Waals surface area contributed by atoms with Gasteiger partial charge in [-0.2, -0.15) is 0 Å². The van der Waals surface area contributed by atoms with Crippen molar-refractivity contribution in [1.82, 2.24) is 9.62 Å². The van der Waals surface area contributed by atoms with Crippen molar-refractivity contribution in [2.45, 2.75) is 18.9 Å². The van der Waals surface area contributed by atoms with E-state index in [1.807, 2.05) is 7.05 Å². The van der Waals surface area contributed by atoms with Crippen molar-refractivity contribution in [3.8, 4) is 0 Å². The summed E-state index contributed by atoms with van der Waals surface area (Å²) in [5.74, 6) is 0.0656. The zero-order valence-corrected chi connectivity index (χ0v) is 11.1. The summed E-state index contributed by atoms with van der Waals surface area (Å²) >= 11 is 0. The predicted octanol–water partition coefficient (Wildman–Crippen LogP) is -0.991. The highest BCUT2D eigenvalue weighted by Crippen LogP contribution is 2.02. The molecule has 6 nitrogen and oxygen atoms in total. The zero-order valence-electron chi connectivity index (χ0n) is 10.3. The summed E-state index contributed by atoms with van der Waals surface area (Å²) in [6.45, 7) is 2.64. The first kappa shape index (κ1) is 14.8. The van der Waals surface area contributed by atoms with Crippen LogP contribution in [-0.2, 0) is 14.8 Å². The molecule has 0 spiro atoms. The number of aliphatic hydroxyl groups is 1. The molecule has 1 aliphatic rings. The lowest BCUT2D eigenvalue weighted by atomic mass is 10.3. The SMILES string of the molecule is CN1CCOC(CNS(=O)(=O)CCCCO)C1. The lowest BCUT2D eigenvalue weighted by molar-refractivity contribution is -0.0156. The Morgan fingerprint density at radius 3 is 2.88 bits per heavy atom. The number of hydrogen-bond acceptors (Lipinski definition) is 5. The van der Waals surface area contributed by atoms with Crippen LogP contribution in [0.3, 0.4) is 0 Å². The fourth-order valence-electron chi connectivity index (χ4n) is 1.69. The van der Waals surface area contributed by atoms with Crippen LogP contribution in [0, 0.1) is 0 Å². The maximum Gasteiger partial charge on any atom is 0.211 e. The number of sulfonamides is 1. The molecule has 17 heavy (non-hydrogen) atoms. The van der Waals surface area contributed by atoms with Crippen molar-refractivity contribution >= 4 is 10.0 Å². The molecular formula is C10H22N2O4S. The summed E-state index contributed by atoms with van der Waals surface area (Å²) in [7, 11) is -1.24. The molecule has 0 aromatic heterocycles. The van der Waals surface area contributed by atoms with Gasteiger partial charge < -0.3 is 14.7 Å². The van der Waals surface area contributed by atoms with E-state index in [2.05, 4.69) is 9.62 Å². The van der Waals surface area contributed by atoms with Crippen LogP contribution in [0.15, 0.2) is 0 Å². The van der Waals surface area contributed by atoms with E-state index < -0.39 is 10.0 Å². The minimum Gasteiger partial charge on any atom is -0.396 e. The maximum atomic E-state index is 11.6. The lowest BCUT2D eigenvalue weighted by Crippen LogP contribution is -2.46. The van der Waals surface area contributed by atoms with Crippen LogP contribution in [0.2, 0.25) is 0 Å². The smallest absolute Gasteiger partial charge is 0.211 e. The van der Waals surface area contributed by atoms with E-state index in [1.54, 1.807) is 0 Å². The molecule has 1 fully saturated rings. The van der Waals surface area contributed by atoms with E-state index in [0.29, 0.717) is 26.0 Å². The number of nitrogens with zero attached hydrogens (tertiary/aromatic N) is 1. The van der Waals surface area contributed by atoms with Crippen molar-refractivity contribution < 1.29 is 18.3 Å². The molecule has 102 valence electrons. The zero-order chi connectivity index (χ0) is 12.7. The first-order chi connectivity index (χ1) is 8.03. The Morgan fingerprint density at radius 2 is 2.24 bits per heavy atom. The average molecular weight is 266 g/mol. The Balaban J connectivity index is 2.23. The van der Waals surface area contributed by atoms with E-state index in [4.69, 9.17) is 9.84 Å². The lowest BCUT2D eigenvalue weighted by Gasteiger charge is -2.30. The fraction of sp³-hybridized carbons (Fsp3) is 1.00. The van der Waals surface area contributed by atoms with Gasteiger partial charge in [0.25, 0.3) is 0 Å². The second-order valence-electron chi connectivity index (χ2n) is 4.35. The Hall–Kier alpha value is -0.210. The van der Waals surface area contributed by atoms with Gasteiger partial charge in [0.15, 0.2) is 0 Å². The number of nitrogens with one attached hydrogen (secondary N) is 1. The summed E-state index contributed by atoms with van der Waals surface area (Å²) in [5.41, 5.74) is 0. The molecular weight excluding hydrogens is 244 g/mol. The predicted molar refractivity (Wildman–Crippen MR) is 65.3 cm³/mol. The Kier molecular flexibility index (Phi) is 6.35. The number of morpholine rings is 1. The highest BCUT2D eigenvalue weighted by molar-refractivity contribution is 7.89. The second kappa shape index (κ2) is 7.27. The van der Waals surface area contributed by atoms with E-state index in [0.717, 1.165) is 13.1 Å². The summed E-state index contributed by atoms with van der Waals surface area (Å²) in [6, 6.07) is 0. The highest BCUT2D eigenvalue weighted by atomic mass is 32.2. The highest BCUT2D eigenvalue weighted by Gasteiger charge is 2.19. The molecule has 0 amide bonds. The summed E-state index contributed by atoms with van der Waals surface area (Å²) in [4.78, 5) is 2.12. The summed E-state index contributed by atoms with van der Waals surface area (Å²) in [5, 5.41) is 8.59. The molecule has 1 saturated heterocycles. The molecule has 1 heterocycles. The van der Waals surface area contributed by atoms with Crippen LogP contribution in [0.25, 0.3) is 0 Å². The van der Waals surface area contributed by atoms with Crippen LogP contribution >= 0.6 is 0 Å². The molecule has 1 aliphatic heterocycles. The van der Waals surface area contributed by atoms with Gasteiger partial charge in [-0.1, -0.05) is 0 Å². The van der Waals surface area contributed by atoms with Crippen LogP contribution in [-0.4, -0.2) is 70.2 Å². The van der Waals surface area contributed by atoms with Crippen molar-refractivity contribution in [2.24, 2.45) is 0 Å². The fourth-order valence-corrected chi connectivity index (χ4v) is 2.85. The van der Waals surface area contributed by atoms with E-state index in [-0.39, 0.29) is 18.5 Å². The van der Waals surface area contributed by atoms with Gasteiger partial charge in [0.05, 0.1) is 18.5 Å². The Labute approximate surface area is 103 Å². The minimum atomic E-state index is -3.23. The van der Waals surface area contributed by atoms with Crippen LogP contribution < -0.4 is 4.72 Å². The van der Waals surface area contributed by atoms with Gasteiger partial charge in [0.1, 0.15) is 0 Å². The third-order valence-corrected chi connectivity index (χ3v) is 4.13. The van der Waals surface area contributed by atoms with E-state index in [1.165, 1.54) is 0 Å². The van der Waals surface area contributed by atoms with E-state index >= 15 is 0 Å². The third-order valence-electron chi connectivity index (χ3n) is 2.69. The largest absolute Gasteiger partial charge is 0.396 e. The monoisotopic (exact) mass is 266 g/mol. The summed E-state index contributed by atoms with van der Waals surface area (Å²) < 4.78 is 31.1. The van der Waals surface area contributed by atoms with Gasteiger partial charge in [-0.15, -0.1) is 0 Å². The molecule has 0 aromatic carbocycles. The van der Waals surface area contributed by atoms with Crippen molar-refractivity contribution in [3.63, 3.8) is 0 Å². The van der Waals surface area contributed by atoms with Crippen LogP contribution in [0.1, 0.15) is 12.8 Å². The second-order valence-corrected chi connectivity index (χ2v) is 6.28. The molecule has 1 rings (SSSR count). The molecule has 0 saturated carbocycles. The number of rotatable bonds is 7. The Bertz CT molecular complexity index is 307. The minimum absolute atomic E-state index is 0.0338. The van der Waals surface area contributed by atoms with Gasteiger partial charge in [0.2, 0.25) is 10.0 Å². The number of hydrogen-bond donors (Lipinski definition) is 2. The molecule has 0 radical (unpaired) electrons. The molecule has 1 unspecified atom stereocenters. The third kappa shape index (κ3) is 6.32.